The number of hydrogen-bond donors (Lipinski definition) is 0. The van der Waals surface area contributed by atoms with Crippen LogP contribution >= 0.6 is 15.9 Å². The highest BCUT2D eigenvalue weighted by atomic mass is 79.9. The Morgan fingerprint density at radius 3 is 3.00 bits per heavy atom. The summed E-state index contributed by atoms with van der Waals surface area (Å²) in [5, 5.41) is -0.128. The molecule has 0 amide bonds. The molecular weight excluding hydrogens is 260 g/mol. The molecule has 0 saturated carbocycles. The Morgan fingerprint density at radius 1 is 1.53 bits per heavy atom. The zero-order valence-corrected chi connectivity index (χ0v) is 9.86. The van der Waals surface area contributed by atoms with Crippen molar-refractivity contribution >= 4 is 21.9 Å². The van der Waals surface area contributed by atoms with Crippen molar-refractivity contribution in [3.63, 3.8) is 0 Å². The number of para-hydroxylation sites is 1. The predicted molar refractivity (Wildman–Crippen MR) is 59.2 cm³/mol. The summed E-state index contributed by atoms with van der Waals surface area (Å²) in [7, 11) is 1.41. The first kappa shape index (κ1) is 10.5. The maximum atomic E-state index is 11.6. The maximum absolute atomic E-state index is 11.6. The van der Waals surface area contributed by atoms with E-state index >= 15 is 0 Å². The minimum atomic E-state index is -0.232. The Bertz CT molecular complexity index is 378. The minimum Gasteiger partial charge on any atom is -0.479 e. The number of ether oxygens (including phenoxy) is 2. The smallest absolute Gasteiger partial charge is 0.313 e. The third-order valence-electron chi connectivity index (χ3n) is 2.46. The fourth-order valence-electron chi connectivity index (χ4n) is 1.74. The van der Waals surface area contributed by atoms with Crippen LogP contribution in [-0.4, -0.2) is 18.1 Å². The first-order valence-electron chi connectivity index (χ1n) is 4.70. The molecule has 3 nitrogen and oxygen atoms in total. The molecule has 2 atom stereocenters. The Balaban J connectivity index is 2.38. The van der Waals surface area contributed by atoms with Gasteiger partial charge in [-0.2, -0.15) is 0 Å². The average Bonchev–Trinajstić information content (AvgIpc) is 2.26. The molecule has 2 rings (SSSR count). The molecule has 80 valence electrons. The number of carbonyl (C=O) groups is 1. The molecule has 1 heterocycles. The second-order valence-electron chi connectivity index (χ2n) is 3.38. The Morgan fingerprint density at radius 2 is 2.27 bits per heavy atom. The van der Waals surface area contributed by atoms with Crippen LogP contribution in [0.4, 0.5) is 0 Å². The van der Waals surface area contributed by atoms with Gasteiger partial charge < -0.3 is 9.47 Å². The number of benzene rings is 1. The molecule has 0 fully saturated rings. The van der Waals surface area contributed by atoms with Crippen molar-refractivity contribution in [3.8, 4) is 5.75 Å². The highest BCUT2D eigenvalue weighted by Crippen LogP contribution is 2.38. The van der Waals surface area contributed by atoms with E-state index in [0.29, 0.717) is 6.42 Å². The summed E-state index contributed by atoms with van der Waals surface area (Å²) in [6.45, 7) is 0. The Labute approximate surface area is 96.5 Å². The molecule has 0 saturated heterocycles. The molecular formula is C11H11BrO3. The van der Waals surface area contributed by atoms with E-state index in [1.807, 2.05) is 24.3 Å². The van der Waals surface area contributed by atoms with Crippen LogP contribution in [0.25, 0.3) is 0 Å². The first-order chi connectivity index (χ1) is 7.22. The summed E-state index contributed by atoms with van der Waals surface area (Å²) in [4.78, 5) is 11.6. The molecule has 4 heteroatoms. The van der Waals surface area contributed by atoms with Gasteiger partial charge in [-0.05, 0) is 22.0 Å². The lowest BCUT2D eigenvalue weighted by molar-refractivity contribution is -0.143. The first-order valence-corrected chi connectivity index (χ1v) is 5.61. The van der Waals surface area contributed by atoms with E-state index in [4.69, 9.17) is 9.47 Å². The van der Waals surface area contributed by atoms with Crippen molar-refractivity contribution in [3.05, 3.63) is 29.8 Å². The lowest BCUT2D eigenvalue weighted by Gasteiger charge is -2.27. The largest absolute Gasteiger partial charge is 0.479 e. The summed E-state index contributed by atoms with van der Waals surface area (Å²) in [5.41, 5.74) is 0.903. The van der Waals surface area contributed by atoms with Gasteiger partial charge in [0.2, 0.25) is 0 Å². The summed E-state index contributed by atoms with van der Waals surface area (Å²) in [6, 6.07) is 7.54. The second kappa shape index (κ2) is 4.23. The monoisotopic (exact) mass is 270 g/mol. The zero-order chi connectivity index (χ0) is 10.8. The van der Waals surface area contributed by atoms with Gasteiger partial charge >= 0.3 is 5.97 Å². The number of methoxy groups -OCH3 is 1. The van der Waals surface area contributed by atoms with Crippen LogP contribution in [0.3, 0.4) is 0 Å². The van der Waals surface area contributed by atoms with Gasteiger partial charge in [-0.25, -0.2) is 0 Å². The number of fused-ring (bicyclic) bond motifs is 1. The maximum Gasteiger partial charge on any atom is 0.313 e. The van der Waals surface area contributed by atoms with Crippen LogP contribution in [0.15, 0.2) is 24.3 Å². The number of esters is 1. The Kier molecular flexibility index (Phi) is 2.95. The number of hydrogen-bond acceptors (Lipinski definition) is 3. The van der Waals surface area contributed by atoms with Crippen molar-refractivity contribution in [1.29, 1.82) is 0 Å². The van der Waals surface area contributed by atoms with E-state index in [-0.39, 0.29) is 16.9 Å². The number of halogens is 1. The summed E-state index contributed by atoms with van der Waals surface area (Å²) >= 11 is 3.37. The Hall–Kier alpha value is -1.03. The fourth-order valence-corrected chi connectivity index (χ4v) is 2.31. The van der Waals surface area contributed by atoms with Crippen LogP contribution in [0.2, 0.25) is 0 Å². The van der Waals surface area contributed by atoms with Crippen molar-refractivity contribution < 1.29 is 14.3 Å². The van der Waals surface area contributed by atoms with Crippen molar-refractivity contribution in [2.75, 3.05) is 7.11 Å². The van der Waals surface area contributed by atoms with E-state index in [1.54, 1.807) is 0 Å². The normalized spacial score (nSPS) is 23.9. The summed E-state index contributed by atoms with van der Waals surface area (Å²) in [6.07, 6.45) is 0.601. The molecule has 0 bridgehead atoms. The summed E-state index contributed by atoms with van der Waals surface area (Å²) in [5.74, 6) is 0.306. The van der Waals surface area contributed by atoms with E-state index in [0.717, 1.165) is 11.3 Å². The lowest BCUT2D eigenvalue weighted by Crippen LogP contribution is -2.26. The molecule has 1 aliphatic rings. The van der Waals surface area contributed by atoms with Crippen LogP contribution < -0.4 is 4.74 Å². The molecule has 1 aromatic rings. The van der Waals surface area contributed by atoms with E-state index < -0.39 is 0 Å². The van der Waals surface area contributed by atoms with Crippen LogP contribution in [0.1, 0.15) is 17.9 Å². The molecule has 0 spiro atoms. The van der Waals surface area contributed by atoms with Gasteiger partial charge in [0.05, 0.1) is 13.0 Å². The predicted octanol–water partition coefficient (Wildman–Crippen LogP) is 2.45. The third-order valence-corrected chi connectivity index (χ3v) is 3.02. The van der Waals surface area contributed by atoms with Gasteiger partial charge in [0.15, 0.2) is 5.01 Å². The molecule has 0 aromatic heterocycles. The van der Waals surface area contributed by atoms with Gasteiger partial charge in [-0.3, -0.25) is 4.79 Å². The molecule has 15 heavy (non-hydrogen) atoms. The van der Waals surface area contributed by atoms with Crippen molar-refractivity contribution in [2.24, 2.45) is 0 Å². The van der Waals surface area contributed by atoms with Crippen molar-refractivity contribution in [2.45, 2.75) is 17.4 Å². The molecule has 0 radical (unpaired) electrons. The van der Waals surface area contributed by atoms with Crippen LogP contribution in [0, 0.1) is 0 Å². The van der Waals surface area contributed by atoms with Gasteiger partial charge in [0, 0.05) is 12.0 Å². The van der Waals surface area contributed by atoms with Gasteiger partial charge in [0.1, 0.15) is 5.75 Å². The molecule has 1 aliphatic heterocycles. The molecule has 1 aromatic carbocycles. The lowest BCUT2D eigenvalue weighted by atomic mass is 9.93. The fraction of sp³-hybridized carbons (Fsp3) is 0.364. The van der Waals surface area contributed by atoms with E-state index in [1.165, 1.54) is 7.11 Å². The number of carbonyl (C=O) groups excluding carboxylic acids is 1. The van der Waals surface area contributed by atoms with Gasteiger partial charge in [-0.1, -0.05) is 18.2 Å². The highest BCUT2D eigenvalue weighted by molar-refractivity contribution is 9.09. The quantitative estimate of drug-likeness (QED) is 0.581. The zero-order valence-electron chi connectivity index (χ0n) is 8.27. The SMILES string of the molecule is COC(=O)C1CC(Br)Oc2ccccc21. The third kappa shape index (κ3) is 2.00. The standard InChI is InChI=1S/C11H11BrO3/c1-14-11(13)8-6-10(12)15-9-5-3-2-4-7(8)9/h2-5,8,10H,6H2,1H3. The summed E-state index contributed by atoms with van der Waals surface area (Å²) < 4.78 is 10.3. The second-order valence-corrected chi connectivity index (χ2v) is 4.40. The van der Waals surface area contributed by atoms with E-state index in [9.17, 15) is 4.79 Å². The molecule has 0 N–H and O–H groups in total. The minimum absolute atomic E-state index is 0.128. The highest BCUT2D eigenvalue weighted by Gasteiger charge is 2.32. The molecule has 0 aliphatic carbocycles. The van der Waals surface area contributed by atoms with Crippen LogP contribution in [0.5, 0.6) is 5.75 Å². The van der Waals surface area contributed by atoms with E-state index in [2.05, 4.69) is 15.9 Å². The van der Waals surface area contributed by atoms with Gasteiger partial charge in [0.25, 0.3) is 0 Å². The van der Waals surface area contributed by atoms with Crippen molar-refractivity contribution in [1.82, 2.24) is 0 Å². The average molecular weight is 271 g/mol. The van der Waals surface area contributed by atoms with Crippen LogP contribution in [-0.2, 0) is 9.53 Å². The number of alkyl halides is 1. The topological polar surface area (TPSA) is 35.5 Å². The van der Waals surface area contributed by atoms with Gasteiger partial charge in [-0.15, -0.1) is 0 Å². The number of rotatable bonds is 1. The molecule has 2 unspecified atom stereocenters.